The fourth-order valence-corrected chi connectivity index (χ4v) is 1.58. The minimum atomic E-state index is -0.480. The van der Waals surface area contributed by atoms with Gasteiger partial charge in [0.05, 0.1) is 37.0 Å². The highest BCUT2D eigenvalue weighted by atomic mass is 16.6. The molecule has 0 fully saturated rings. The van der Waals surface area contributed by atoms with E-state index in [4.69, 9.17) is 9.84 Å². The molecule has 1 aromatic heterocycles. The molecule has 0 saturated heterocycles. The van der Waals surface area contributed by atoms with Gasteiger partial charge in [0.15, 0.2) is 5.75 Å². The second-order valence-corrected chi connectivity index (χ2v) is 3.69. The summed E-state index contributed by atoms with van der Waals surface area (Å²) in [6, 6.07) is 4.48. The van der Waals surface area contributed by atoms with Crippen molar-refractivity contribution >= 4 is 5.69 Å². The maximum atomic E-state index is 10.8. The number of ether oxygens (including phenoxy) is 1. The first-order valence-corrected chi connectivity index (χ1v) is 5.12. The molecule has 94 valence electrons. The van der Waals surface area contributed by atoms with Crippen LogP contribution in [0.3, 0.4) is 0 Å². The number of hydrogen-bond donors (Lipinski definition) is 1. The van der Waals surface area contributed by atoms with Crippen LogP contribution in [-0.4, -0.2) is 26.9 Å². The van der Waals surface area contributed by atoms with Crippen LogP contribution < -0.4 is 4.74 Å². The summed E-state index contributed by atoms with van der Waals surface area (Å²) in [5, 5.41) is 23.8. The molecule has 2 aromatic rings. The SMILES string of the molecule is COc1cc(Cn2cc(O)cn2)cc([N+](=O)[O-])c1. The Balaban J connectivity index is 2.32. The highest BCUT2D eigenvalue weighted by Crippen LogP contribution is 2.23. The molecule has 1 heterocycles. The van der Waals surface area contributed by atoms with Crippen LogP contribution in [0.5, 0.6) is 11.5 Å². The second-order valence-electron chi connectivity index (χ2n) is 3.69. The largest absolute Gasteiger partial charge is 0.505 e. The lowest BCUT2D eigenvalue weighted by atomic mass is 10.2. The van der Waals surface area contributed by atoms with Crippen LogP contribution in [0.15, 0.2) is 30.6 Å². The molecule has 0 atom stereocenters. The molecule has 0 radical (unpaired) electrons. The molecule has 0 aliphatic heterocycles. The van der Waals surface area contributed by atoms with Crippen LogP contribution in [0, 0.1) is 10.1 Å². The number of nitro benzene ring substituents is 1. The van der Waals surface area contributed by atoms with Crippen molar-refractivity contribution in [2.45, 2.75) is 6.54 Å². The van der Waals surface area contributed by atoms with E-state index in [0.29, 0.717) is 17.9 Å². The monoisotopic (exact) mass is 249 g/mol. The third-order valence-electron chi connectivity index (χ3n) is 2.36. The van der Waals surface area contributed by atoms with E-state index < -0.39 is 4.92 Å². The lowest BCUT2D eigenvalue weighted by molar-refractivity contribution is -0.385. The highest BCUT2D eigenvalue weighted by molar-refractivity contribution is 5.42. The van der Waals surface area contributed by atoms with E-state index in [9.17, 15) is 10.1 Å². The Kier molecular flexibility index (Phi) is 3.13. The first-order chi connectivity index (χ1) is 8.58. The van der Waals surface area contributed by atoms with E-state index in [-0.39, 0.29) is 11.4 Å². The van der Waals surface area contributed by atoms with Crippen LogP contribution in [0.1, 0.15) is 5.56 Å². The number of non-ortho nitro benzene ring substituents is 1. The second kappa shape index (κ2) is 4.74. The maximum absolute atomic E-state index is 10.8. The Morgan fingerprint density at radius 1 is 1.50 bits per heavy atom. The van der Waals surface area contributed by atoms with Gasteiger partial charge in [0.25, 0.3) is 5.69 Å². The lowest BCUT2D eigenvalue weighted by Gasteiger charge is -2.05. The van der Waals surface area contributed by atoms with Gasteiger partial charge >= 0.3 is 0 Å². The molecule has 2 rings (SSSR count). The predicted molar refractivity (Wildman–Crippen MR) is 62.6 cm³/mol. The van der Waals surface area contributed by atoms with Gasteiger partial charge in [0, 0.05) is 6.07 Å². The fraction of sp³-hybridized carbons (Fsp3) is 0.182. The predicted octanol–water partition coefficient (Wildman–Crippen LogP) is 1.55. The molecule has 1 N–H and O–H groups in total. The zero-order chi connectivity index (χ0) is 13.1. The summed E-state index contributed by atoms with van der Waals surface area (Å²) in [7, 11) is 1.45. The first kappa shape index (κ1) is 11.9. The van der Waals surface area contributed by atoms with Crippen molar-refractivity contribution in [2.75, 3.05) is 7.11 Å². The van der Waals surface area contributed by atoms with E-state index >= 15 is 0 Å². The van der Waals surface area contributed by atoms with Gasteiger partial charge in [-0.15, -0.1) is 0 Å². The Hall–Kier alpha value is -2.57. The van der Waals surface area contributed by atoms with Gasteiger partial charge in [0.2, 0.25) is 0 Å². The van der Waals surface area contributed by atoms with Crippen molar-refractivity contribution in [1.29, 1.82) is 0 Å². The number of benzene rings is 1. The molecule has 0 spiro atoms. The number of hydrogen-bond acceptors (Lipinski definition) is 5. The molecule has 18 heavy (non-hydrogen) atoms. The molecule has 0 saturated carbocycles. The number of nitro groups is 1. The van der Waals surface area contributed by atoms with Gasteiger partial charge in [-0.25, -0.2) is 0 Å². The third-order valence-corrected chi connectivity index (χ3v) is 2.36. The quantitative estimate of drug-likeness (QED) is 0.655. The van der Waals surface area contributed by atoms with Crippen molar-refractivity contribution < 1.29 is 14.8 Å². The van der Waals surface area contributed by atoms with Crippen LogP contribution in [0.25, 0.3) is 0 Å². The summed E-state index contributed by atoms with van der Waals surface area (Å²) < 4.78 is 6.49. The molecule has 7 heteroatoms. The zero-order valence-corrected chi connectivity index (χ0v) is 9.61. The van der Waals surface area contributed by atoms with Crippen molar-refractivity contribution in [1.82, 2.24) is 9.78 Å². The number of methoxy groups -OCH3 is 1. The standard InChI is InChI=1S/C11H11N3O4/c1-18-11-3-8(2-9(4-11)14(16)17)6-13-7-10(15)5-12-13/h2-5,7,15H,6H2,1H3. The summed E-state index contributed by atoms with van der Waals surface area (Å²) in [5.41, 5.74) is 0.630. The van der Waals surface area contributed by atoms with Gasteiger partial charge in [0.1, 0.15) is 5.75 Å². The van der Waals surface area contributed by atoms with E-state index in [1.165, 1.54) is 36.3 Å². The van der Waals surface area contributed by atoms with Crippen molar-refractivity contribution in [2.24, 2.45) is 0 Å². The average molecular weight is 249 g/mol. The maximum Gasteiger partial charge on any atom is 0.273 e. The van der Waals surface area contributed by atoms with Crippen LogP contribution in [-0.2, 0) is 6.54 Å². The number of rotatable bonds is 4. The van der Waals surface area contributed by atoms with Crippen LogP contribution in [0.2, 0.25) is 0 Å². The molecule has 7 nitrogen and oxygen atoms in total. The topological polar surface area (TPSA) is 90.4 Å². The number of nitrogens with zero attached hydrogens (tertiary/aromatic N) is 3. The molecular weight excluding hydrogens is 238 g/mol. The molecule has 0 unspecified atom stereocenters. The van der Waals surface area contributed by atoms with Crippen LogP contribution >= 0.6 is 0 Å². The molecule has 0 aliphatic carbocycles. The van der Waals surface area contributed by atoms with Gasteiger partial charge in [-0.3, -0.25) is 14.8 Å². The van der Waals surface area contributed by atoms with Crippen molar-refractivity contribution in [3.8, 4) is 11.5 Å². The summed E-state index contributed by atoms with van der Waals surface area (Å²) >= 11 is 0. The third kappa shape index (κ3) is 2.57. The highest BCUT2D eigenvalue weighted by Gasteiger charge is 2.10. The van der Waals surface area contributed by atoms with Crippen molar-refractivity contribution in [3.63, 3.8) is 0 Å². The van der Waals surface area contributed by atoms with Gasteiger partial charge in [-0.1, -0.05) is 0 Å². The minimum Gasteiger partial charge on any atom is -0.505 e. The Bertz CT molecular complexity index is 579. The van der Waals surface area contributed by atoms with E-state index in [1.54, 1.807) is 6.07 Å². The van der Waals surface area contributed by atoms with E-state index in [1.807, 2.05) is 0 Å². The molecule has 1 aromatic carbocycles. The van der Waals surface area contributed by atoms with Gasteiger partial charge in [-0.05, 0) is 11.6 Å². The molecule has 0 bridgehead atoms. The van der Waals surface area contributed by atoms with E-state index in [0.717, 1.165) is 0 Å². The summed E-state index contributed by atoms with van der Waals surface area (Å²) in [5.74, 6) is 0.461. The smallest absolute Gasteiger partial charge is 0.273 e. The summed E-state index contributed by atoms with van der Waals surface area (Å²) in [6.07, 6.45) is 2.74. The van der Waals surface area contributed by atoms with E-state index in [2.05, 4.69) is 5.10 Å². The van der Waals surface area contributed by atoms with Gasteiger partial charge in [-0.2, -0.15) is 5.10 Å². The van der Waals surface area contributed by atoms with Crippen molar-refractivity contribution in [3.05, 3.63) is 46.3 Å². The number of aromatic nitrogens is 2. The molecule has 0 amide bonds. The fourth-order valence-electron chi connectivity index (χ4n) is 1.58. The lowest BCUT2D eigenvalue weighted by Crippen LogP contribution is -2.01. The molecule has 0 aliphatic rings. The average Bonchev–Trinajstić information content (AvgIpc) is 2.74. The Morgan fingerprint density at radius 3 is 2.83 bits per heavy atom. The zero-order valence-electron chi connectivity index (χ0n) is 9.61. The minimum absolute atomic E-state index is 0.0410. The molecular formula is C11H11N3O4. The summed E-state index contributed by atoms with van der Waals surface area (Å²) in [6.45, 7) is 0.318. The Labute approximate surface area is 102 Å². The normalized spacial score (nSPS) is 10.3. The van der Waals surface area contributed by atoms with Crippen LogP contribution in [0.4, 0.5) is 5.69 Å². The Morgan fingerprint density at radius 2 is 2.28 bits per heavy atom. The first-order valence-electron chi connectivity index (χ1n) is 5.12. The number of aromatic hydroxyl groups is 1. The van der Waals surface area contributed by atoms with Gasteiger partial charge < -0.3 is 9.84 Å². The summed E-state index contributed by atoms with van der Waals surface area (Å²) in [4.78, 5) is 10.3.